The third-order valence-corrected chi connectivity index (χ3v) is 5.98. The van der Waals surface area contributed by atoms with Gasteiger partial charge in [-0.1, -0.05) is 60.7 Å². The highest BCUT2D eigenvalue weighted by Gasteiger charge is 2.30. The van der Waals surface area contributed by atoms with Gasteiger partial charge in [-0.3, -0.25) is 9.69 Å². The molecule has 4 aromatic carbocycles. The number of hydrogen-bond donors (Lipinski definition) is 1. The number of rotatable bonds is 7. The highest BCUT2D eigenvalue weighted by Crippen LogP contribution is 2.36. The zero-order valence-electron chi connectivity index (χ0n) is 20.4. The molecule has 1 amide bonds. The number of nitrogens with zero attached hydrogens (tertiary/aromatic N) is 1. The zero-order valence-corrected chi connectivity index (χ0v) is 20.4. The molecule has 0 saturated carbocycles. The van der Waals surface area contributed by atoms with Crippen molar-refractivity contribution in [2.24, 2.45) is 0 Å². The number of amides is 1. The van der Waals surface area contributed by atoms with E-state index in [0.717, 1.165) is 33.9 Å². The molecule has 0 radical (unpaired) electrons. The summed E-state index contributed by atoms with van der Waals surface area (Å²) in [5, 5.41) is 3.38. The molecule has 5 rings (SSSR count). The number of hydrogen-bond acceptors (Lipinski definition) is 4. The van der Waals surface area contributed by atoms with Crippen LogP contribution in [-0.4, -0.2) is 18.5 Å². The lowest BCUT2D eigenvalue weighted by atomic mass is 10.1. The summed E-state index contributed by atoms with van der Waals surface area (Å²) in [7, 11) is 0. The Balaban J connectivity index is 1.45. The zero-order chi connectivity index (χ0) is 25.6. The molecule has 4 aromatic rings. The van der Waals surface area contributed by atoms with Crippen LogP contribution in [0, 0.1) is 0 Å². The van der Waals surface area contributed by atoms with Crippen LogP contribution in [0.5, 0.6) is 0 Å². The standard InChI is InChI=1S/C32H26N2O3/c1-2-37-32(36)25-15-13-23(14-16-25)21-26-22-30(24-9-5-3-6-10-24)34(31(26)35)29-19-17-28(18-20-29)33-27-11-7-4-8-12-27/h3-22,33H,2H2,1H3. The summed E-state index contributed by atoms with van der Waals surface area (Å²) in [6, 6.07) is 34.7. The number of benzene rings is 4. The molecule has 5 heteroatoms. The summed E-state index contributed by atoms with van der Waals surface area (Å²) < 4.78 is 5.06. The fourth-order valence-corrected chi connectivity index (χ4v) is 4.18. The summed E-state index contributed by atoms with van der Waals surface area (Å²) in [5.41, 5.74) is 6.33. The Morgan fingerprint density at radius 3 is 2.08 bits per heavy atom. The first-order valence-corrected chi connectivity index (χ1v) is 12.1. The van der Waals surface area contributed by atoms with E-state index in [1.807, 2.05) is 109 Å². The van der Waals surface area contributed by atoms with E-state index < -0.39 is 0 Å². The van der Waals surface area contributed by atoms with E-state index >= 15 is 0 Å². The molecule has 0 aromatic heterocycles. The maximum atomic E-state index is 13.6. The van der Waals surface area contributed by atoms with Crippen molar-refractivity contribution in [1.82, 2.24) is 0 Å². The second kappa shape index (κ2) is 10.8. The van der Waals surface area contributed by atoms with Gasteiger partial charge in [0.05, 0.1) is 17.9 Å². The SMILES string of the molecule is CCOC(=O)c1ccc(C=C2C=C(c3ccccc3)N(c3ccc(Nc4ccccc4)cc3)C2=O)cc1. The molecule has 182 valence electrons. The predicted molar refractivity (Wildman–Crippen MR) is 148 cm³/mol. The predicted octanol–water partition coefficient (Wildman–Crippen LogP) is 7.08. The fraction of sp³-hybridized carbons (Fsp3) is 0.0625. The number of ether oxygens (including phenoxy) is 1. The molecule has 0 bridgehead atoms. The quantitative estimate of drug-likeness (QED) is 0.224. The second-order valence-corrected chi connectivity index (χ2v) is 8.52. The number of nitrogens with one attached hydrogen (secondary N) is 1. The highest BCUT2D eigenvalue weighted by molar-refractivity contribution is 6.23. The van der Waals surface area contributed by atoms with Crippen LogP contribution in [0.15, 0.2) is 121 Å². The van der Waals surface area contributed by atoms with Crippen LogP contribution in [0.3, 0.4) is 0 Å². The van der Waals surface area contributed by atoms with Gasteiger partial charge in [-0.2, -0.15) is 0 Å². The first-order valence-electron chi connectivity index (χ1n) is 12.1. The Hall–Kier alpha value is -4.90. The maximum absolute atomic E-state index is 13.6. The van der Waals surface area contributed by atoms with Gasteiger partial charge in [-0.15, -0.1) is 0 Å². The lowest BCUT2D eigenvalue weighted by Crippen LogP contribution is -2.24. The van der Waals surface area contributed by atoms with Crippen molar-refractivity contribution in [3.05, 3.63) is 138 Å². The van der Waals surface area contributed by atoms with Gasteiger partial charge >= 0.3 is 5.97 Å². The molecule has 0 atom stereocenters. The van der Waals surface area contributed by atoms with Gasteiger partial charge in [0.2, 0.25) is 0 Å². The molecule has 0 spiro atoms. The van der Waals surface area contributed by atoms with E-state index in [4.69, 9.17) is 4.74 Å². The lowest BCUT2D eigenvalue weighted by molar-refractivity contribution is -0.113. The molecule has 0 aliphatic carbocycles. The minimum Gasteiger partial charge on any atom is -0.462 e. The number of carbonyl (C=O) groups excluding carboxylic acids is 2. The van der Waals surface area contributed by atoms with Crippen molar-refractivity contribution in [2.45, 2.75) is 6.92 Å². The Kier molecular flexibility index (Phi) is 6.95. The first-order chi connectivity index (χ1) is 18.1. The normalized spacial score (nSPS) is 14.0. The largest absolute Gasteiger partial charge is 0.462 e. The van der Waals surface area contributed by atoms with Crippen molar-refractivity contribution in [3.63, 3.8) is 0 Å². The van der Waals surface area contributed by atoms with Crippen LogP contribution in [0.2, 0.25) is 0 Å². The van der Waals surface area contributed by atoms with Crippen LogP contribution in [0.25, 0.3) is 11.8 Å². The average molecular weight is 487 g/mol. The van der Waals surface area contributed by atoms with E-state index in [-0.39, 0.29) is 11.9 Å². The topological polar surface area (TPSA) is 58.6 Å². The van der Waals surface area contributed by atoms with E-state index in [1.165, 1.54) is 0 Å². The number of esters is 1. The molecule has 37 heavy (non-hydrogen) atoms. The van der Waals surface area contributed by atoms with E-state index in [9.17, 15) is 9.59 Å². The Labute approximate surface area is 216 Å². The van der Waals surface area contributed by atoms with Gasteiger partial charge in [0.25, 0.3) is 5.91 Å². The van der Waals surface area contributed by atoms with Gasteiger partial charge in [0, 0.05) is 22.6 Å². The van der Waals surface area contributed by atoms with E-state index in [2.05, 4.69) is 5.32 Å². The van der Waals surface area contributed by atoms with E-state index in [0.29, 0.717) is 17.7 Å². The summed E-state index contributed by atoms with van der Waals surface area (Å²) in [4.78, 5) is 27.3. The van der Waals surface area contributed by atoms with Crippen LogP contribution in [0.4, 0.5) is 17.1 Å². The first kappa shape index (κ1) is 23.8. The smallest absolute Gasteiger partial charge is 0.338 e. The van der Waals surface area contributed by atoms with Gasteiger partial charge in [-0.25, -0.2) is 4.79 Å². The maximum Gasteiger partial charge on any atom is 0.338 e. The van der Waals surface area contributed by atoms with Crippen molar-refractivity contribution >= 4 is 40.7 Å². The second-order valence-electron chi connectivity index (χ2n) is 8.52. The van der Waals surface area contributed by atoms with Crippen molar-refractivity contribution in [3.8, 4) is 0 Å². The molecule has 5 nitrogen and oxygen atoms in total. The highest BCUT2D eigenvalue weighted by atomic mass is 16.5. The summed E-state index contributed by atoms with van der Waals surface area (Å²) in [6.07, 6.45) is 3.75. The monoisotopic (exact) mass is 486 g/mol. The van der Waals surface area contributed by atoms with Gasteiger partial charge in [0.1, 0.15) is 0 Å². The Morgan fingerprint density at radius 1 is 0.811 bits per heavy atom. The van der Waals surface area contributed by atoms with Crippen LogP contribution < -0.4 is 10.2 Å². The number of para-hydroxylation sites is 1. The van der Waals surface area contributed by atoms with Crippen molar-refractivity contribution < 1.29 is 14.3 Å². The molecule has 1 aliphatic rings. The van der Waals surface area contributed by atoms with Gasteiger partial charge in [0.15, 0.2) is 0 Å². The molecule has 0 fully saturated rings. The molecule has 1 N–H and O–H groups in total. The minimum atomic E-state index is -0.360. The number of carbonyl (C=O) groups is 2. The molecule has 0 saturated heterocycles. The third-order valence-electron chi connectivity index (χ3n) is 5.98. The molecule has 1 heterocycles. The van der Waals surface area contributed by atoms with E-state index in [1.54, 1.807) is 24.0 Å². The molecular formula is C32H26N2O3. The Morgan fingerprint density at radius 2 is 1.43 bits per heavy atom. The molecular weight excluding hydrogens is 460 g/mol. The Bertz CT molecular complexity index is 1460. The average Bonchev–Trinajstić information content (AvgIpc) is 3.26. The molecule has 1 aliphatic heterocycles. The number of anilines is 3. The minimum absolute atomic E-state index is 0.114. The van der Waals surface area contributed by atoms with Crippen LogP contribution in [0.1, 0.15) is 28.4 Å². The van der Waals surface area contributed by atoms with Gasteiger partial charge in [-0.05, 0) is 78.7 Å². The summed E-state index contributed by atoms with van der Waals surface area (Å²) in [6.45, 7) is 2.10. The van der Waals surface area contributed by atoms with Crippen LogP contribution in [-0.2, 0) is 9.53 Å². The van der Waals surface area contributed by atoms with Crippen molar-refractivity contribution in [1.29, 1.82) is 0 Å². The summed E-state index contributed by atoms with van der Waals surface area (Å²) in [5.74, 6) is -0.474. The van der Waals surface area contributed by atoms with Gasteiger partial charge < -0.3 is 10.1 Å². The van der Waals surface area contributed by atoms with Crippen LogP contribution >= 0.6 is 0 Å². The fourth-order valence-electron chi connectivity index (χ4n) is 4.18. The summed E-state index contributed by atoms with van der Waals surface area (Å²) >= 11 is 0. The third kappa shape index (κ3) is 5.36. The molecule has 0 unspecified atom stereocenters. The lowest BCUT2D eigenvalue weighted by Gasteiger charge is -2.21. The van der Waals surface area contributed by atoms with Crippen molar-refractivity contribution in [2.75, 3.05) is 16.8 Å².